The normalized spacial score (nSPS) is 10.2. The van der Waals surface area contributed by atoms with Crippen LogP contribution in [0.3, 0.4) is 0 Å². The zero-order valence-corrected chi connectivity index (χ0v) is 10.3. The quantitative estimate of drug-likeness (QED) is 0.824. The Bertz CT molecular complexity index is 379. The molecule has 1 amide bonds. The molecule has 0 fully saturated rings. The number of carbonyl (C=O) groups excluding carboxylic acids is 1. The number of benzene rings is 1. The second-order valence-corrected chi connectivity index (χ2v) is 4.09. The zero-order chi connectivity index (χ0) is 12.1. The van der Waals surface area contributed by atoms with E-state index in [-0.39, 0.29) is 11.7 Å². The first kappa shape index (κ1) is 12.8. The molecule has 0 atom stereocenters. The molecule has 0 aliphatic carbocycles. The van der Waals surface area contributed by atoms with Crippen LogP contribution in [-0.4, -0.2) is 23.9 Å². The second kappa shape index (κ2) is 5.75. The predicted molar refractivity (Wildman–Crippen MR) is 66.2 cm³/mol. The lowest BCUT2D eigenvalue weighted by atomic mass is 10.1. The molecule has 1 N–H and O–H groups in total. The van der Waals surface area contributed by atoms with Gasteiger partial charge in [-0.25, -0.2) is 0 Å². The van der Waals surface area contributed by atoms with Crippen LogP contribution < -0.4 is 4.90 Å². The largest absolute Gasteiger partial charge is 0.508 e. The standard InChI is InChI=1S/C12H16ClNO2/c1-9-8-10(15)5-6-11(9)14(2)12(16)4-3-7-13/h5-6,8,15H,3-4,7H2,1-2H3. The summed E-state index contributed by atoms with van der Waals surface area (Å²) >= 11 is 5.54. The lowest BCUT2D eigenvalue weighted by Crippen LogP contribution is -2.26. The summed E-state index contributed by atoms with van der Waals surface area (Å²) in [4.78, 5) is 13.3. The fourth-order valence-electron chi connectivity index (χ4n) is 1.54. The van der Waals surface area contributed by atoms with Gasteiger partial charge < -0.3 is 10.0 Å². The summed E-state index contributed by atoms with van der Waals surface area (Å²) in [6.45, 7) is 1.86. The Morgan fingerprint density at radius 3 is 2.75 bits per heavy atom. The molecule has 0 aliphatic heterocycles. The molecule has 0 spiro atoms. The van der Waals surface area contributed by atoms with Crippen LogP contribution in [0, 0.1) is 6.92 Å². The van der Waals surface area contributed by atoms with E-state index in [4.69, 9.17) is 11.6 Å². The number of hydrogen-bond acceptors (Lipinski definition) is 2. The van der Waals surface area contributed by atoms with Crippen LogP contribution in [0.5, 0.6) is 5.75 Å². The van der Waals surface area contributed by atoms with Crippen molar-refractivity contribution in [3.63, 3.8) is 0 Å². The summed E-state index contributed by atoms with van der Waals surface area (Å²) in [7, 11) is 1.73. The van der Waals surface area contributed by atoms with Gasteiger partial charge in [0.05, 0.1) is 0 Å². The molecule has 1 aromatic carbocycles. The van der Waals surface area contributed by atoms with Crippen molar-refractivity contribution in [1.82, 2.24) is 0 Å². The van der Waals surface area contributed by atoms with Crippen LogP contribution in [0.4, 0.5) is 5.69 Å². The number of carbonyl (C=O) groups is 1. The number of phenolic OH excluding ortho intramolecular Hbond substituents is 1. The Morgan fingerprint density at radius 2 is 2.19 bits per heavy atom. The van der Waals surface area contributed by atoms with Gasteiger partial charge in [0.2, 0.25) is 5.91 Å². The maximum Gasteiger partial charge on any atom is 0.226 e. The lowest BCUT2D eigenvalue weighted by Gasteiger charge is -2.19. The number of nitrogens with zero attached hydrogens (tertiary/aromatic N) is 1. The molecule has 1 rings (SSSR count). The van der Waals surface area contributed by atoms with E-state index in [2.05, 4.69) is 0 Å². The summed E-state index contributed by atoms with van der Waals surface area (Å²) in [5.41, 5.74) is 1.69. The van der Waals surface area contributed by atoms with E-state index in [9.17, 15) is 9.90 Å². The molecule has 1 aromatic rings. The summed E-state index contributed by atoms with van der Waals surface area (Å²) in [5, 5.41) is 9.28. The number of alkyl halides is 1. The summed E-state index contributed by atoms with van der Waals surface area (Å²) < 4.78 is 0. The minimum absolute atomic E-state index is 0.0365. The van der Waals surface area contributed by atoms with E-state index in [0.717, 1.165) is 11.3 Å². The highest BCUT2D eigenvalue weighted by Gasteiger charge is 2.12. The Morgan fingerprint density at radius 1 is 1.50 bits per heavy atom. The molecule has 0 unspecified atom stereocenters. The van der Waals surface area contributed by atoms with Gasteiger partial charge in [0, 0.05) is 25.0 Å². The fraction of sp³-hybridized carbons (Fsp3) is 0.417. The topological polar surface area (TPSA) is 40.5 Å². The molecule has 0 saturated heterocycles. The van der Waals surface area contributed by atoms with Gasteiger partial charge in [0.25, 0.3) is 0 Å². The molecular formula is C12H16ClNO2. The summed E-state index contributed by atoms with van der Waals surface area (Å²) in [6, 6.07) is 4.96. The summed E-state index contributed by atoms with van der Waals surface area (Å²) in [5.74, 6) is 0.742. The van der Waals surface area contributed by atoms with E-state index in [1.807, 2.05) is 6.92 Å². The molecule has 3 nitrogen and oxygen atoms in total. The third kappa shape index (κ3) is 3.14. The maximum absolute atomic E-state index is 11.7. The van der Waals surface area contributed by atoms with Gasteiger partial charge in [0.1, 0.15) is 5.75 Å². The van der Waals surface area contributed by atoms with Crippen LogP contribution >= 0.6 is 11.6 Å². The highest BCUT2D eigenvalue weighted by molar-refractivity contribution is 6.18. The van der Waals surface area contributed by atoms with Crippen molar-refractivity contribution in [2.24, 2.45) is 0 Å². The number of amides is 1. The molecule has 0 saturated carbocycles. The Labute approximate surface area is 101 Å². The van der Waals surface area contributed by atoms with E-state index in [1.165, 1.54) is 0 Å². The van der Waals surface area contributed by atoms with Crippen LogP contribution in [0.2, 0.25) is 0 Å². The zero-order valence-electron chi connectivity index (χ0n) is 9.53. The van der Waals surface area contributed by atoms with Crippen molar-refractivity contribution in [3.05, 3.63) is 23.8 Å². The minimum atomic E-state index is 0.0365. The first-order chi connectivity index (χ1) is 7.56. The molecule has 0 heterocycles. The lowest BCUT2D eigenvalue weighted by molar-refractivity contribution is -0.118. The van der Waals surface area contributed by atoms with Gasteiger partial charge in [-0.2, -0.15) is 0 Å². The highest BCUT2D eigenvalue weighted by Crippen LogP contribution is 2.23. The van der Waals surface area contributed by atoms with E-state index in [1.54, 1.807) is 30.1 Å². The van der Waals surface area contributed by atoms with E-state index < -0.39 is 0 Å². The van der Waals surface area contributed by atoms with Crippen LogP contribution in [0.1, 0.15) is 18.4 Å². The first-order valence-electron chi connectivity index (χ1n) is 5.18. The van der Waals surface area contributed by atoms with Crippen LogP contribution in [-0.2, 0) is 4.79 Å². The van der Waals surface area contributed by atoms with E-state index in [0.29, 0.717) is 18.7 Å². The van der Waals surface area contributed by atoms with Gasteiger partial charge in [-0.1, -0.05) is 0 Å². The average molecular weight is 242 g/mol. The van der Waals surface area contributed by atoms with Gasteiger partial charge >= 0.3 is 0 Å². The smallest absolute Gasteiger partial charge is 0.226 e. The molecule has 88 valence electrons. The number of phenols is 1. The van der Waals surface area contributed by atoms with Crippen molar-refractivity contribution in [2.75, 3.05) is 17.8 Å². The van der Waals surface area contributed by atoms with Crippen LogP contribution in [0.25, 0.3) is 0 Å². The Kier molecular flexibility index (Phi) is 4.62. The average Bonchev–Trinajstić information content (AvgIpc) is 2.25. The SMILES string of the molecule is Cc1cc(O)ccc1N(C)C(=O)CCCCl. The fourth-order valence-corrected chi connectivity index (χ4v) is 1.67. The van der Waals surface area contributed by atoms with Gasteiger partial charge in [-0.15, -0.1) is 11.6 Å². The Hall–Kier alpha value is -1.22. The first-order valence-corrected chi connectivity index (χ1v) is 5.72. The molecule has 16 heavy (non-hydrogen) atoms. The number of aryl methyl sites for hydroxylation is 1. The van der Waals surface area contributed by atoms with Crippen molar-refractivity contribution in [3.8, 4) is 5.75 Å². The number of hydrogen-bond donors (Lipinski definition) is 1. The monoisotopic (exact) mass is 241 g/mol. The highest BCUT2D eigenvalue weighted by atomic mass is 35.5. The van der Waals surface area contributed by atoms with Crippen molar-refractivity contribution < 1.29 is 9.90 Å². The molecule has 0 radical (unpaired) electrons. The molecule has 0 aliphatic rings. The number of anilines is 1. The van der Waals surface area contributed by atoms with Crippen molar-refractivity contribution in [1.29, 1.82) is 0 Å². The van der Waals surface area contributed by atoms with Crippen LogP contribution in [0.15, 0.2) is 18.2 Å². The van der Waals surface area contributed by atoms with Crippen molar-refractivity contribution in [2.45, 2.75) is 19.8 Å². The third-order valence-corrected chi connectivity index (χ3v) is 2.71. The number of aromatic hydroxyl groups is 1. The minimum Gasteiger partial charge on any atom is -0.508 e. The molecular weight excluding hydrogens is 226 g/mol. The molecule has 0 aromatic heterocycles. The second-order valence-electron chi connectivity index (χ2n) is 3.72. The Balaban J connectivity index is 2.79. The van der Waals surface area contributed by atoms with E-state index >= 15 is 0 Å². The maximum atomic E-state index is 11.7. The number of halogens is 1. The van der Waals surface area contributed by atoms with Crippen molar-refractivity contribution >= 4 is 23.2 Å². The van der Waals surface area contributed by atoms with Gasteiger partial charge in [-0.05, 0) is 37.1 Å². The van der Waals surface area contributed by atoms with Gasteiger partial charge in [-0.3, -0.25) is 4.79 Å². The predicted octanol–water partition coefficient (Wildman–Crippen LogP) is 2.68. The van der Waals surface area contributed by atoms with Gasteiger partial charge in [0.15, 0.2) is 0 Å². The molecule has 0 bridgehead atoms. The number of rotatable bonds is 4. The third-order valence-electron chi connectivity index (χ3n) is 2.44. The molecule has 4 heteroatoms. The summed E-state index contributed by atoms with van der Waals surface area (Å²) in [6.07, 6.45) is 1.13.